The van der Waals surface area contributed by atoms with Gasteiger partial charge in [0, 0.05) is 43.5 Å². The third-order valence-electron chi connectivity index (χ3n) is 6.08. The third-order valence-corrected chi connectivity index (χ3v) is 6.08. The van der Waals surface area contributed by atoms with E-state index in [9.17, 15) is 13.2 Å². The van der Waals surface area contributed by atoms with Gasteiger partial charge in [-0.15, -0.1) is 0 Å². The van der Waals surface area contributed by atoms with Crippen LogP contribution in [0.1, 0.15) is 12.5 Å². The number of hydrogen-bond acceptors (Lipinski definition) is 12. The van der Waals surface area contributed by atoms with Gasteiger partial charge in [0.15, 0.2) is 28.8 Å². The predicted octanol–water partition coefficient (Wildman–Crippen LogP) is 3.39. The molecule has 1 aliphatic heterocycles. The zero-order chi connectivity index (χ0) is 29.9. The van der Waals surface area contributed by atoms with Crippen molar-refractivity contribution in [3.63, 3.8) is 0 Å². The number of anilines is 3. The van der Waals surface area contributed by atoms with Gasteiger partial charge in [-0.1, -0.05) is 0 Å². The number of alkyl halides is 3. The minimum Gasteiger partial charge on any atom is -0.455 e. The molecule has 2 N–H and O–H groups in total. The molecule has 0 bridgehead atoms. The standard InChI is InChI=1S/C23H22FN11O.C2HF3O/c1-13-10-34(6-4-25-13)23-27-8-16-20(32-23)22(30-11-28-16)33-21-19(24)14(2)17(9-26-21)36-15-3-5-35-18(7-15)29-12-31-35;3-2(4,5)1-6/h3,5,7-9,11-13,25H,4,6,10H2,1-2H3,(H,26,28,30,33);1H/t13-;/m1./s1. The third kappa shape index (κ3) is 6.46. The molecule has 0 saturated carbocycles. The normalized spacial score (nSPS) is 15.3. The first kappa shape index (κ1) is 28.5. The number of carbonyl (C=O) groups excluding carboxylic acids is 1. The Balaban J connectivity index is 0.000000535. The quantitative estimate of drug-likeness (QED) is 0.230. The number of fused-ring (bicyclic) bond motifs is 2. The number of aldehydes is 1. The molecule has 0 aliphatic carbocycles. The van der Waals surface area contributed by atoms with Crippen LogP contribution < -0.4 is 20.3 Å². The number of ether oxygens (including phenoxy) is 1. The van der Waals surface area contributed by atoms with E-state index in [0.29, 0.717) is 40.2 Å². The highest BCUT2D eigenvalue weighted by molar-refractivity contribution is 5.86. The van der Waals surface area contributed by atoms with Crippen LogP contribution in [0.4, 0.5) is 35.1 Å². The number of hydrogen-bond donors (Lipinski definition) is 2. The van der Waals surface area contributed by atoms with Crippen LogP contribution in [0.3, 0.4) is 0 Å². The second-order valence-electron chi connectivity index (χ2n) is 9.15. The van der Waals surface area contributed by atoms with E-state index in [1.165, 1.54) is 18.9 Å². The summed E-state index contributed by atoms with van der Waals surface area (Å²) >= 11 is 0. The molecule has 0 unspecified atom stereocenters. The Labute approximate surface area is 235 Å². The highest BCUT2D eigenvalue weighted by Gasteiger charge is 2.25. The van der Waals surface area contributed by atoms with Crippen LogP contribution in [0.15, 0.2) is 43.4 Å². The summed E-state index contributed by atoms with van der Waals surface area (Å²) in [7, 11) is 0. The maximum atomic E-state index is 15.3. The first-order valence-electron chi connectivity index (χ1n) is 12.5. The minimum absolute atomic E-state index is 0.00344. The molecule has 1 aliphatic rings. The molecule has 1 saturated heterocycles. The largest absolute Gasteiger partial charge is 0.455 e. The Kier molecular flexibility index (Phi) is 8.01. The van der Waals surface area contributed by atoms with Crippen molar-refractivity contribution < 1.29 is 27.1 Å². The molecule has 1 fully saturated rings. The average molecular weight is 586 g/mol. The molecule has 0 amide bonds. The molecular weight excluding hydrogens is 562 g/mol. The van der Waals surface area contributed by atoms with Gasteiger partial charge in [0.1, 0.15) is 29.4 Å². The molecule has 218 valence electrons. The van der Waals surface area contributed by atoms with Crippen molar-refractivity contribution in [2.75, 3.05) is 29.9 Å². The molecule has 0 spiro atoms. The van der Waals surface area contributed by atoms with Crippen LogP contribution >= 0.6 is 0 Å². The van der Waals surface area contributed by atoms with Crippen LogP contribution in [-0.4, -0.2) is 77.7 Å². The fraction of sp³-hybridized carbons (Fsp3) is 0.280. The lowest BCUT2D eigenvalue weighted by atomic mass is 10.2. The topological polar surface area (TPSA) is 148 Å². The molecule has 1 atom stereocenters. The van der Waals surface area contributed by atoms with Gasteiger partial charge in [0.2, 0.25) is 12.2 Å². The van der Waals surface area contributed by atoms with Crippen molar-refractivity contribution >= 4 is 40.6 Å². The summed E-state index contributed by atoms with van der Waals surface area (Å²) in [5.41, 5.74) is 1.93. The number of carbonyl (C=O) groups is 1. The lowest BCUT2D eigenvalue weighted by Crippen LogP contribution is -2.49. The second kappa shape index (κ2) is 11.8. The van der Waals surface area contributed by atoms with Crippen molar-refractivity contribution in [3.05, 3.63) is 54.8 Å². The van der Waals surface area contributed by atoms with Gasteiger partial charge in [0.05, 0.1) is 12.4 Å². The highest BCUT2D eigenvalue weighted by atomic mass is 19.4. The number of rotatable bonds is 5. The van der Waals surface area contributed by atoms with Crippen LogP contribution in [0.2, 0.25) is 0 Å². The SMILES string of the molecule is Cc1c(Oc2ccn3ncnc3c2)cnc(Nc2ncnc3cnc(N4CCN[C@H](C)C4)nc23)c1F.O=CC(F)(F)F. The number of piperazine rings is 1. The van der Waals surface area contributed by atoms with E-state index in [4.69, 9.17) is 9.53 Å². The van der Waals surface area contributed by atoms with Crippen LogP contribution in [0, 0.1) is 12.7 Å². The Morgan fingerprint density at radius 3 is 2.69 bits per heavy atom. The molecule has 6 rings (SSSR count). The van der Waals surface area contributed by atoms with Gasteiger partial charge in [-0.2, -0.15) is 18.3 Å². The summed E-state index contributed by atoms with van der Waals surface area (Å²) in [6.07, 6.45) is 1.94. The molecule has 0 radical (unpaired) electrons. The summed E-state index contributed by atoms with van der Waals surface area (Å²) < 4.78 is 54.1. The zero-order valence-electron chi connectivity index (χ0n) is 22.2. The van der Waals surface area contributed by atoms with Gasteiger partial charge >= 0.3 is 6.18 Å². The van der Waals surface area contributed by atoms with E-state index in [1.54, 1.807) is 36.0 Å². The lowest BCUT2D eigenvalue weighted by molar-refractivity contribution is -0.156. The second-order valence-corrected chi connectivity index (χ2v) is 9.15. The zero-order valence-corrected chi connectivity index (χ0v) is 22.2. The van der Waals surface area contributed by atoms with E-state index in [2.05, 4.69) is 57.5 Å². The first-order valence-corrected chi connectivity index (χ1v) is 12.5. The van der Waals surface area contributed by atoms with Crippen molar-refractivity contribution in [2.24, 2.45) is 0 Å². The minimum atomic E-state index is -4.64. The van der Waals surface area contributed by atoms with Crippen LogP contribution in [0.5, 0.6) is 11.5 Å². The van der Waals surface area contributed by atoms with E-state index >= 15 is 4.39 Å². The molecule has 5 aromatic heterocycles. The number of halogens is 4. The highest BCUT2D eigenvalue weighted by Crippen LogP contribution is 2.31. The Bertz CT molecular complexity index is 1730. The van der Waals surface area contributed by atoms with Crippen LogP contribution in [-0.2, 0) is 4.79 Å². The molecule has 42 heavy (non-hydrogen) atoms. The van der Waals surface area contributed by atoms with Crippen molar-refractivity contribution in [1.82, 2.24) is 44.8 Å². The van der Waals surface area contributed by atoms with Gasteiger partial charge < -0.3 is 20.3 Å². The monoisotopic (exact) mass is 585 g/mol. The smallest absolute Gasteiger partial charge is 0.446 e. The van der Waals surface area contributed by atoms with Crippen LogP contribution in [0.25, 0.3) is 16.7 Å². The van der Waals surface area contributed by atoms with Gasteiger partial charge in [-0.3, -0.25) is 4.79 Å². The molecule has 0 aromatic carbocycles. The predicted molar refractivity (Wildman–Crippen MR) is 142 cm³/mol. The Hall–Kier alpha value is -5.06. The Morgan fingerprint density at radius 2 is 1.93 bits per heavy atom. The summed E-state index contributed by atoms with van der Waals surface area (Å²) in [6, 6.07) is 3.75. The van der Waals surface area contributed by atoms with E-state index < -0.39 is 18.3 Å². The lowest BCUT2D eigenvalue weighted by Gasteiger charge is -2.31. The number of pyridine rings is 2. The van der Waals surface area contributed by atoms with Crippen molar-refractivity contribution in [1.29, 1.82) is 0 Å². The van der Waals surface area contributed by atoms with Crippen molar-refractivity contribution in [2.45, 2.75) is 26.1 Å². The summed E-state index contributed by atoms with van der Waals surface area (Å²) in [6.45, 7) is 6.14. The average Bonchev–Trinajstić information content (AvgIpc) is 3.45. The Morgan fingerprint density at radius 1 is 1.12 bits per heavy atom. The van der Waals surface area contributed by atoms with E-state index in [0.717, 1.165) is 19.6 Å². The fourth-order valence-corrected chi connectivity index (χ4v) is 4.05. The fourth-order valence-electron chi connectivity index (χ4n) is 4.05. The molecular formula is C25H23F4N11O2. The maximum Gasteiger partial charge on any atom is 0.446 e. The van der Waals surface area contributed by atoms with Gasteiger partial charge in [0.25, 0.3) is 0 Å². The first-order chi connectivity index (χ1) is 20.1. The van der Waals surface area contributed by atoms with Gasteiger partial charge in [-0.25, -0.2) is 38.8 Å². The van der Waals surface area contributed by atoms with Crippen molar-refractivity contribution in [3.8, 4) is 11.5 Å². The van der Waals surface area contributed by atoms with Gasteiger partial charge in [-0.05, 0) is 19.9 Å². The molecule has 5 aromatic rings. The summed E-state index contributed by atoms with van der Waals surface area (Å²) in [4.78, 5) is 36.9. The summed E-state index contributed by atoms with van der Waals surface area (Å²) in [5.74, 6) is 1.13. The number of aromatic nitrogens is 8. The summed E-state index contributed by atoms with van der Waals surface area (Å²) in [5, 5.41) is 10.4. The molecule has 17 heteroatoms. The van der Waals surface area contributed by atoms with E-state index in [-0.39, 0.29) is 17.1 Å². The molecule has 6 heterocycles. The van der Waals surface area contributed by atoms with E-state index in [1.807, 2.05) is 0 Å². The number of nitrogens with zero attached hydrogens (tertiary/aromatic N) is 9. The molecule has 13 nitrogen and oxygen atoms in total. The maximum absolute atomic E-state index is 15.3. The number of nitrogens with one attached hydrogen (secondary N) is 2.